The number of rotatable bonds is 4. The van der Waals surface area contributed by atoms with Gasteiger partial charge in [-0.1, -0.05) is 35.3 Å². The first-order valence-corrected chi connectivity index (χ1v) is 5.80. The molecule has 0 heterocycles. The van der Waals surface area contributed by atoms with Crippen molar-refractivity contribution in [3.05, 3.63) is 33.8 Å². The zero-order valence-electron chi connectivity index (χ0n) is 9.05. The molecule has 0 radical (unpaired) electrons. The van der Waals surface area contributed by atoms with Gasteiger partial charge in [-0.15, -0.1) is 0 Å². The maximum absolute atomic E-state index is 11.2. The van der Waals surface area contributed by atoms with Crippen molar-refractivity contribution in [1.29, 1.82) is 0 Å². The topological polar surface area (TPSA) is 26.3 Å². The predicted octanol–water partition coefficient (Wildman–Crippen LogP) is 3.12. The number of hydrogen-bond acceptors (Lipinski definition) is 2. The molecule has 0 aliphatic carbocycles. The van der Waals surface area contributed by atoms with E-state index in [1.165, 1.54) is 12.7 Å². The summed E-state index contributed by atoms with van der Waals surface area (Å²) in [6, 6.07) is 6.01. The molecule has 0 atom stereocenters. The first kappa shape index (κ1) is 12.2. The molecule has 1 aromatic rings. The molecule has 0 aromatic heterocycles. The van der Waals surface area contributed by atoms with Gasteiger partial charge in [-0.2, -0.15) is 0 Å². The fourth-order valence-electron chi connectivity index (χ4n) is 1.50. The van der Waals surface area contributed by atoms with Gasteiger partial charge in [0, 0.05) is 4.47 Å². The second-order valence-electron chi connectivity index (χ2n) is 3.42. The van der Waals surface area contributed by atoms with Crippen LogP contribution in [0.3, 0.4) is 0 Å². The van der Waals surface area contributed by atoms with Crippen LogP contribution >= 0.6 is 15.9 Å². The van der Waals surface area contributed by atoms with Gasteiger partial charge >= 0.3 is 5.97 Å². The zero-order chi connectivity index (χ0) is 11.3. The number of carbonyl (C=O) groups excluding carboxylic acids is 1. The van der Waals surface area contributed by atoms with Gasteiger partial charge in [-0.25, -0.2) is 0 Å². The Morgan fingerprint density at radius 3 is 2.73 bits per heavy atom. The van der Waals surface area contributed by atoms with Gasteiger partial charge in [0.25, 0.3) is 0 Å². The first-order chi connectivity index (χ1) is 7.17. The Morgan fingerprint density at radius 1 is 1.40 bits per heavy atom. The third kappa shape index (κ3) is 3.67. The highest BCUT2D eigenvalue weighted by atomic mass is 79.9. The maximum atomic E-state index is 11.2. The van der Waals surface area contributed by atoms with Gasteiger partial charge in [0.2, 0.25) is 0 Å². The van der Waals surface area contributed by atoms with Gasteiger partial charge in [0.1, 0.15) is 0 Å². The van der Waals surface area contributed by atoms with E-state index in [0.717, 1.165) is 22.9 Å². The van der Waals surface area contributed by atoms with Crippen molar-refractivity contribution >= 4 is 21.9 Å². The van der Waals surface area contributed by atoms with Crippen LogP contribution in [0.5, 0.6) is 0 Å². The van der Waals surface area contributed by atoms with E-state index >= 15 is 0 Å². The van der Waals surface area contributed by atoms with Gasteiger partial charge < -0.3 is 4.74 Å². The molecule has 0 saturated carbocycles. The Bertz CT molecular complexity index is 347. The minimum absolute atomic E-state index is 0.185. The summed E-state index contributed by atoms with van der Waals surface area (Å²) in [5.74, 6) is -0.185. The number of halogens is 1. The highest BCUT2D eigenvalue weighted by Gasteiger charge is 2.07. The van der Waals surface area contributed by atoms with Crippen molar-refractivity contribution in [2.24, 2.45) is 0 Å². The molecule has 0 fully saturated rings. The van der Waals surface area contributed by atoms with Crippen LogP contribution in [0.2, 0.25) is 0 Å². The summed E-state index contributed by atoms with van der Waals surface area (Å²) in [5.41, 5.74) is 2.28. The Kier molecular flexibility index (Phi) is 4.82. The zero-order valence-corrected chi connectivity index (χ0v) is 10.6. The molecule has 0 aliphatic heterocycles. The minimum atomic E-state index is -0.185. The lowest BCUT2D eigenvalue weighted by atomic mass is 10.0. The molecular weight excluding hydrogens is 256 g/mol. The highest BCUT2D eigenvalue weighted by molar-refractivity contribution is 9.10. The summed E-state index contributed by atoms with van der Waals surface area (Å²) in [6.07, 6.45) is 2.43. The van der Waals surface area contributed by atoms with E-state index in [2.05, 4.69) is 33.7 Å². The lowest BCUT2D eigenvalue weighted by Gasteiger charge is -2.08. The van der Waals surface area contributed by atoms with E-state index in [1.807, 2.05) is 12.1 Å². The number of hydrogen-bond donors (Lipinski definition) is 0. The molecule has 0 amide bonds. The van der Waals surface area contributed by atoms with Crippen LogP contribution in [0, 0.1) is 0 Å². The van der Waals surface area contributed by atoms with E-state index in [9.17, 15) is 4.79 Å². The van der Waals surface area contributed by atoms with E-state index in [-0.39, 0.29) is 5.97 Å². The Balaban J connectivity index is 2.89. The van der Waals surface area contributed by atoms with Crippen LogP contribution in [0.15, 0.2) is 22.7 Å². The van der Waals surface area contributed by atoms with Gasteiger partial charge in [0.15, 0.2) is 0 Å². The van der Waals surface area contributed by atoms with E-state index in [4.69, 9.17) is 0 Å². The molecule has 0 bridgehead atoms. The molecule has 2 nitrogen and oxygen atoms in total. The van der Waals surface area contributed by atoms with Crippen LogP contribution in [-0.2, 0) is 22.4 Å². The van der Waals surface area contributed by atoms with Crippen LogP contribution < -0.4 is 0 Å². The number of aryl methyl sites for hydroxylation is 1. The molecule has 15 heavy (non-hydrogen) atoms. The molecule has 0 aliphatic rings. The fourth-order valence-corrected chi connectivity index (χ4v) is 1.91. The molecule has 1 rings (SSSR count). The Morgan fingerprint density at radius 2 is 2.13 bits per heavy atom. The normalized spacial score (nSPS) is 10.1. The molecule has 0 spiro atoms. The van der Waals surface area contributed by atoms with E-state index in [1.54, 1.807) is 0 Å². The molecule has 0 N–H and O–H groups in total. The standard InChI is InChI=1S/C12H15BrO2/c1-3-4-9-7-11(13)6-5-10(9)8-12(14)15-2/h5-7H,3-4,8H2,1-2H3. The molecule has 1 aromatic carbocycles. The van der Waals surface area contributed by atoms with Crippen LogP contribution in [0.25, 0.3) is 0 Å². The van der Waals surface area contributed by atoms with Crippen molar-refractivity contribution in [2.75, 3.05) is 7.11 Å². The third-order valence-corrected chi connectivity index (χ3v) is 2.74. The summed E-state index contributed by atoms with van der Waals surface area (Å²) >= 11 is 3.43. The number of carbonyl (C=O) groups is 1. The number of methoxy groups -OCH3 is 1. The number of esters is 1. The number of benzene rings is 1. The monoisotopic (exact) mass is 270 g/mol. The van der Waals surface area contributed by atoms with E-state index in [0.29, 0.717) is 6.42 Å². The summed E-state index contributed by atoms with van der Waals surface area (Å²) < 4.78 is 5.72. The van der Waals surface area contributed by atoms with Gasteiger partial charge in [0.05, 0.1) is 13.5 Å². The third-order valence-electron chi connectivity index (χ3n) is 2.25. The summed E-state index contributed by atoms with van der Waals surface area (Å²) in [6.45, 7) is 2.13. The average Bonchev–Trinajstić information content (AvgIpc) is 2.22. The van der Waals surface area contributed by atoms with Crippen LogP contribution in [0.1, 0.15) is 24.5 Å². The molecule has 0 unspecified atom stereocenters. The largest absolute Gasteiger partial charge is 0.469 e. The lowest BCUT2D eigenvalue weighted by molar-refractivity contribution is -0.139. The van der Waals surface area contributed by atoms with Crippen LogP contribution in [0.4, 0.5) is 0 Å². The maximum Gasteiger partial charge on any atom is 0.309 e. The summed E-state index contributed by atoms with van der Waals surface area (Å²) in [4.78, 5) is 11.2. The lowest BCUT2D eigenvalue weighted by Crippen LogP contribution is -2.06. The second kappa shape index (κ2) is 5.91. The average molecular weight is 271 g/mol. The van der Waals surface area contributed by atoms with Gasteiger partial charge in [-0.05, 0) is 29.7 Å². The fraction of sp³-hybridized carbons (Fsp3) is 0.417. The van der Waals surface area contributed by atoms with E-state index < -0.39 is 0 Å². The molecule has 3 heteroatoms. The second-order valence-corrected chi connectivity index (χ2v) is 4.33. The summed E-state index contributed by atoms with van der Waals surface area (Å²) in [7, 11) is 1.42. The minimum Gasteiger partial charge on any atom is -0.469 e. The molecule has 0 saturated heterocycles. The first-order valence-electron chi connectivity index (χ1n) is 5.01. The van der Waals surface area contributed by atoms with Crippen LogP contribution in [-0.4, -0.2) is 13.1 Å². The summed E-state index contributed by atoms with van der Waals surface area (Å²) in [5, 5.41) is 0. The molecule has 82 valence electrons. The van der Waals surface area contributed by atoms with Crippen molar-refractivity contribution in [3.63, 3.8) is 0 Å². The van der Waals surface area contributed by atoms with Crippen molar-refractivity contribution < 1.29 is 9.53 Å². The van der Waals surface area contributed by atoms with Gasteiger partial charge in [-0.3, -0.25) is 4.79 Å². The smallest absolute Gasteiger partial charge is 0.309 e. The SMILES string of the molecule is CCCc1cc(Br)ccc1CC(=O)OC. The quantitative estimate of drug-likeness (QED) is 0.786. The molecular formula is C12H15BrO2. The van der Waals surface area contributed by atoms with Crippen molar-refractivity contribution in [3.8, 4) is 0 Å². The predicted molar refractivity (Wildman–Crippen MR) is 63.9 cm³/mol. The Hall–Kier alpha value is -0.830. The number of ether oxygens (including phenoxy) is 1. The van der Waals surface area contributed by atoms with Crippen molar-refractivity contribution in [1.82, 2.24) is 0 Å². The highest BCUT2D eigenvalue weighted by Crippen LogP contribution is 2.19. The Labute approximate surface area is 98.8 Å². The van der Waals surface area contributed by atoms with Crippen molar-refractivity contribution in [2.45, 2.75) is 26.2 Å².